The van der Waals surface area contributed by atoms with Gasteiger partial charge in [0.25, 0.3) is 0 Å². The molecule has 0 atom stereocenters. The van der Waals surface area contributed by atoms with Gasteiger partial charge in [0.15, 0.2) is 0 Å². The Hall–Kier alpha value is -0.890. The van der Waals surface area contributed by atoms with E-state index in [1.54, 1.807) is 6.07 Å². The first-order valence-electron chi connectivity index (χ1n) is 6.61. The van der Waals surface area contributed by atoms with Crippen molar-refractivity contribution in [1.29, 1.82) is 0 Å². The zero-order valence-corrected chi connectivity index (χ0v) is 10.9. The molecule has 1 saturated carbocycles. The van der Waals surface area contributed by atoms with E-state index in [0.29, 0.717) is 5.41 Å². The number of benzene rings is 1. The molecular weight excluding hydrogens is 213 g/mol. The quantitative estimate of drug-likeness (QED) is 0.818. The van der Waals surface area contributed by atoms with Crippen molar-refractivity contribution in [1.82, 2.24) is 5.32 Å². The van der Waals surface area contributed by atoms with Gasteiger partial charge in [0.05, 0.1) is 0 Å². The maximum Gasteiger partial charge on any atom is 0.126 e. The van der Waals surface area contributed by atoms with E-state index in [2.05, 4.69) is 12.2 Å². The fourth-order valence-corrected chi connectivity index (χ4v) is 2.62. The third-order valence-electron chi connectivity index (χ3n) is 4.22. The van der Waals surface area contributed by atoms with Crippen molar-refractivity contribution in [2.24, 2.45) is 5.41 Å². The van der Waals surface area contributed by atoms with Gasteiger partial charge in [0, 0.05) is 13.1 Å². The number of nitrogens with one attached hydrogen (secondary N) is 1. The van der Waals surface area contributed by atoms with Crippen LogP contribution in [0, 0.1) is 18.2 Å². The molecule has 0 saturated heterocycles. The van der Waals surface area contributed by atoms with Crippen LogP contribution in [0.25, 0.3) is 0 Å². The van der Waals surface area contributed by atoms with E-state index < -0.39 is 0 Å². The number of halogens is 1. The lowest BCUT2D eigenvalue weighted by atomic mass is 9.67. The first kappa shape index (κ1) is 12.6. The van der Waals surface area contributed by atoms with E-state index in [9.17, 15) is 4.39 Å². The zero-order valence-electron chi connectivity index (χ0n) is 10.9. The molecule has 94 valence electrons. The van der Waals surface area contributed by atoms with E-state index in [-0.39, 0.29) is 5.82 Å². The summed E-state index contributed by atoms with van der Waals surface area (Å²) in [5.74, 6) is -0.113. The molecule has 1 aromatic rings. The van der Waals surface area contributed by atoms with Crippen molar-refractivity contribution in [2.45, 2.75) is 46.1 Å². The van der Waals surface area contributed by atoms with Gasteiger partial charge < -0.3 is 5.32 Å². The highest BCUT2D eigenvalue weighted by Crippen LogP contribution is 2.43. The van der Waals surface area contributed by atoms with Crippen LogP contribution in [0.1, 0.15) is 43.7 Å². The highest BCUT2D eigenvalue weighted by molar-refractivity contribution is 5.23. The molecule has 1 nitrogen and oxygen atoms in total. The SMILES string of the molecule is CCC1(CNCc2ccc(F)c(C)c2)CCC1. The summed E-state index contributed by atoms with van der Waals surface area (Å²) in [6.45, 7) is 6.05. The number of aryl methyl sites for hydroxylation is 1. The molecular formula is C15H22FN. The lowest BCUT2D eigenvalue weighted by molar-refractivity contribution is 0.124. The van der Waals surface area contributed by atoms with Crippen LogP contribution in [0.15, 0.2) is 18.2 Å². The Bertz CT molecular complexity index is 377. The average Bonchev–Trinajstić information content (AvgIpc) is 2.27. The maximum absolute atomic E-state index is 13.1. The molecule has 1 fully saturated rings. The van der Waals surface area contributed by atoms with Gasteiger partial charge in [-0.25, -0.2) is 4.39 Å². The van der Waals surface area contributed by atoms with E-state index in [0.717, 1.165) is 18.7 Å². The molecule has 0 amide bonds. The largest absolute Gasteiger partial charge is 0.312 e. The molecule has 1 N–H and O–H groups in total. The first-order valence-corrected chi connectivity index (χ1v) is 6.61. The predicted molar refractivity (Wildman–Crippen MR) is 69.4 cm³/mol. The monoisotopic (exact) mass is 235 g/mol. The number of rotatable bonds is 5. The van der Waals surface area contributed by atoms with Crippen LogP contribution in [0.5, 0.6) is 0 Å². The van der Waals surface area contributed by atoms with Crippen molar-refractivity contribution >= 4 is 0 Å². The van der Waals surface area contributed by atoms with Crippen LogP contribution in [-0.4, -0.2) is 6.54 Å². The molecule has 1 aliphatic rings. The lowest BCUT2D eigenvalue weighted by Gasteiger charge is -2.41. The summed E-state index contributed by atoms with van der Waals surface area (Å²) in [7, 11) is 0. The van der Waals surface area contributed by atoms with Crippen molar-refractivity contribution in [3.63, 3.8) is 0 Å². The third kappa shape index (κ3) is 2.86. The number of hydrogen-bond donors (Lipinski definition) is 1. The highest BCUT2D eigenvalue weighted by Gasteiger charge is 2.34. The van der Waals surface area contributed by atoms with Crippen LogP contribution in [0.4, 0.5) is 4.39 Å². The van der Waals surface area contributed by atoms with Gasteiger partial charge in [0.2, 0.25) is 0 Å². The lowest BCUT2D eigenvalue weighted by Crippen LogP contribution is -2.39. The fraction of sp³-hybridized carbons (Fsp3) is 0.600. The summed E-state index contributed by atoms with van der Waals surface area (Å²) in [6.07, 6.45) is 5.37. The minimum atomic E-state index is -0.113. The molecule has 0 spiro atoms. The summed E-state index contributed by atoms with van der Waals surface area (Å²) in [5, 5.41) is 3.52. The molecule has 2 heteroatoms. The molecule has 0 aliphatic heterocycles. The summed E-state index contributed by atoms with van der Waals surface area (Å²) in [5.41, 5.74) is 2.46. The average molecular weight is 235 g/mol. The Morgan fingerprint density at radius 1 is 1.35 bits per heavy atom. The summed E-state index contributed by atoms with van der Waals surface area (Å²) in [6, 6.07) is 5.36. The highest BCUT2D eigenvalue weighted by atomic mass is 19.1. The van der Waals surface area contributed by atoms with Crippen LogP contribution < -0.4 is 5.32 Å². The molecule has 1 aromatic carbocycles. The second-order valence-corrected chi connectivity index (χ2v) is 5.39. The zero-order chi connectivity index (χ0) is 12.3. The van der Waals surface area contributed by atoms with E-state index in [1.165, 1.54) is 31.2 Å². The Kier molecular flexibility index (Phi) is 3.82. The van der Waals surface area contributed by atoms with Gasteiger partial charge in [-0.1, -0.05) is 25.5 Å². The molecule has 0 aromatic heterocycles. The molecule has 0 bridgehead atoms. The minimum Gasteiger partial charge on any atom is -0.312 e. The van der Waals surface area contributed by atoms with Crippen LogP contribution in [0.2, 0.25) is 0 Å². The van der Waals surface area contributed by atoms with Gasteiger partial charge in [-0.2, -0.15) is 0 Å². The van der Waals surface area contributed by atoms with Gasteiger partial charge in [-0.05, 0) is 48.8 Å². The van der Waals surface area contributed by atoms with Crippen LogP contribution >= 0.6 is 0 Å². The summed E-state index contributed by atoms with van der Waals surface area (Å²) < 4.78 is 13.1. The van der Waals surface area contributed by atoms with Crippen LogP contribution in [-0.2, 0) is 6.54 Å². The number of hydrogen-bond acceptors (Lipinski definition) is 1. The maximum atomic E-state index is 13.1. The van der Waals surface area contributed by atoms with Crippen LogP contribution in [0.3, 0.4) is 0 Å². The van der Waals surface area contributed by atoms with Crippen molar-refractivity contribution in [3.05, 3.63) is 35.1 Å². The first-order chi connectivity index (χ1) is 8.15. The van der Waals surface area contributed by atoms with Gasteiger partial charge in [-0.15, -0.1) is 0 Å². The summed E-state index contributed by atoms with van der Waals surface area (Å²) in [4.78, 5) is 0. The third-order valence-corrected chi connectivity index (χ3v) is 4.22. The second kappa shape index (κ2) is 5.18. The Balaban J connectivity index is 1.83. The van der Waals surface area contributed by atoms with Gasteiger partial charge in [-0.3, -0.25) is 0 Å². The Morgan fingerprint density at radius 2 is 2.12 bits per heavy atom. The standard InChI is InChI=1S/C15H22FN/c1-3-15(7-4-8-15)11-17-10-13-5-6-14(16)12(2)9-13/h5-6,9,17H,3-4,7-8,10-11H2,1-2H3. The van der Waals surface area contributed by atoms with Gasteiger partial charge in [0.1, 0.15) is 5.82 Å². The van der Waals surface area contributed by atoms with Crippen molar-refractivity contribution in [3.8, 4) is 0 Å². The summed E-state index contributed by atoms with van der Waals surface area (Å²) >= 11 is 0. The normalized spacial score (nSPS) is 17.8. The van der Waals surface area contributed by atoms with Crippen molar-refractivity contribution in [2.75, 3.05) is 6.54 Å². The fourth-order valence-electron chi connectivity index (χ4n) is 2.62. The topological polar surface area (TPSA) is 12.0 Å². The molecule has 0 radical (unpaired) electrons. The predicted octanol–water partition coefficient (Wildman–Crippen LogP) is 3.80. The minimum absolute atomic E-state index is 0.113. The second-order valence-electron chi connectivity index (χ2n) is 5.39. The van der Waals surface area contributed by atoms with E-state index in [4.69, 9.17) is 0 Å². The molecule has 17 heavy (non-hydrogen) atoms. The Morgan fingerprint density at radius 3 is 2.65 bits per heavy atom. The van der Waals surface area contributed by atoms with Gasteiger partial charge >= 0.3 is 0 Å². The molecule has 2 rings (SSSR count). The molecule has 0 unspecified atom stereocenters. The Labute approximate surface area is 103 Å². The van der Waals surface area contributed by atoms with Crippen molar-refractivity contribution < 1.29 is 4.39 Å². The molecule has 1 aliphatic carbocycles. The smallest absolute Gasteiger partial charge is 0.126 e. The van der Waals surface area contributed by atoms with E-state index >= 15 is 0 Å². The molecule has 0 heterocycles. The van der Waals surface area contributed by atoms with E-state index in [1.807, 2.05) is 19.1 Å².